The third-order valence-electron chi connectivity index (χ3n) is 11.0. The summed E-state index contributed by atoms with van der Waals surface area (Å²) >= 11 is 0. The van der Waals surface area contributed by atoms with E-state index in [-0.39, 0.29) is 0 Å². The molecule has 0 aliphatic heterocycles. The minimum absolute atomic E-state index is 0.347. The molecule has 190 valence electrons. The van der Waals surface area contributed by atoms with Crippen LogP contribution < -0.4 is 5.73 Å². The molecule has 3 aliphatic rings. The zero-order valence-corrected chi connectivity index (χ0v) is 23.3. The fourth-order valence-electron chi connectivity index (χ4n) is 8.14. The number of hydrogen-bond donors (Lipinski definition) is 1. The Morgan fingerprint density at radius 2 is 1.55 bits per heavy atom. The first kappa shape index (κ1) is 27.0. The molecule has 3 aliphatic carbocycles. The average molecular weight is 456 g/mol. The monoisotopic (exact) mass is 455 g/mol. The molecule has 0 radical (unpaired) electrons. The lowest BCUT2D eigenvalue weighted by molar-refractivity contribution is 0.0567. The molecule has 10 unspecified atom stereocenters. The lowest BCUT2D eigenvalue weighted by Crippen LogP contribution is -2.40. The topological polar surface area (TPSA) is 26.0 Å². The lowest BCUT2D eigenvalue weighted by atomic mass is 9.54. The normalized spacial score (nSPS) is 46.5. The molecule has 33 heavy (non-hydrogen) atoms. The number of hydrogen-bond acceptors (Lipinski definition) is 1. The van der Waals surface area contributed by atoms with Gasteiger partial charge in [-0.2, -0.15) is 0 Å². The van der Waals surface area contributed by atoms with Crippen molar-refractivity contribution in [1.82, 2.24) is 0 Å². The van der Waals surface area contributed by atoms with Crippen LogP contribution in [0, 0.1) is 52.8 Å². The van der Waals surface area contributed by atoms with E-state index in [1.54, 1.807) is 5.57 Å². The van der Waals surface area contributed by atoms with E-state index in [4.69, 9.17) is 12.3 Å². The zero-order valence-electron chi connectivity index (χ0n) is 23.3. The van der Waals surface area contributed by atoms with Crippen molar-refractivity contribution in [2.24, 2.45) is 58.5 Å². The van der Waals surface area contributed by atoms with Crippen LogP contribution in [0.4, 0.5) is 0 Å². The van der Waals surface area contributed by atoms with Crippen molar-refractivity contribution in [2.75, 3.05) is 0 Å². The van der Waals surface area contributed by atoms with Crippen molar-refractivity contribution < 1.29 is 0 Å². The Labute approximate surface area is 207 Å². The molecular formula is C32H57N. The SMILES string of the molecule is C=C(/C=C1\C(C)CCC2(C)CCC(CCC)CC12)C1C(C)CCC(C)C(C)C(N)CCC1C. The first-order valence-electron chi connectivity index (χ1n) is 14.7. The summed E-state index contributed by atoms with van der Waals surface area (Å²) in [6, 6.07) is 0.347. The van der Waals surface area contributed by atoms with Crippen LogP contribution in [0.2, 0.25) is 0 Å². The van der Waals surface area contributed by atoms with Gasteiger partial charge in [0.05, 0.1) is 0 Å². The average Bonchev–Trinajstić information content (AvgIpc) is 2.78. The van der Waals surface area contributed by atoms with Gasteiger partial charge in [0, 0.05) is 6.04 Å². The van der Waals surface area contributed by atoms with Crippen LogP contribution in [0.3, 0.4) is 0 Å². The summed E-state index contributed by atoms with van der Waals surface area (Å²) in [5.74, 6) is 5.77. The Kier molecular flexibility index (Phi) is 9.38. The number of allylic oxidation sites excluding steroid dienone is 3. The van der Waals surface area contributed by atoms with E-state index < -0.39 is 0 Å². The Bertz CT molecular complexity index is 656. The van der Waals surface area contributed by atoms with Crippen LogP contribution in [0.1, 0.15) is 119 Å². The van der Waals surface area contributed by atoms with Gasteiger partial charge in [-0.15, -0.1) is 0 Å². The summed E-state index contributed by atoms with van der Waals surface area (Å²) in [5.41, 5.74) is 10.4. The second-order valence-electron chi connectivity index (χ2n) is 13.4. The molecule has 3 rings (SSSR count). The van der Waals surface area contributed by atoms with Crippen molar-refractivity contribution >= 4 is 0 Å². The predicted octanol–water partition coefficient (Wildman–Crippen LogP) is 9.18. The standard InChI is InChI=1S/C32H57N/c1-9-10-27-16-18-32(8)17-15-22(3)28(29(32)20-27)19-25(6)31-23(4)12-11-21(2)26(7)30(33)14-13-24(31)5/h19,21-24,26-27,29-31H,6,9-18,20,33H2,1-5,7-8H3/b28-19+. The predicted molar refractivity (Wildman–Crippen MR) is 146 cm³/mol. The van der Waals surface area contributed by atoms with Crippen LogP contribution in [0.5, 0.6) is 0 Å². The van der Waals surface area contributed by atoms with Crippen molar-refractivity contribution in [1.29, 1.82) is 0 Å². The Morgan fingerprint density at radius 1 is 0.939 bits per heavy atom. The van der Waals surface area contributed by atoms with E-state index >= 15 is 0 Å². The number of rotatable bonds is 4. The largest absolute Gasteiger partial charge is 0.327 e. The molecule has 0 aromatic carbocycles. The summed E-state index contributed by atoms with van der Waals surface area (Å²) in [7, 11) is 0. The molecular weight excluding hydrogens is 398 g/mol. The number of fused-ring (bicyclic) bond motifs is 1. The third-order valence-corrected chi connectivity index (χ3v) is 11.0. The molecule has 0 heterocycles. The molecule has 10 atom stereocenters. The van der Waals surface area contributed by atoms with Gasteiger partial charge in [-0.25, -0.2) is 0 Å². The Hall–Kier alpha value is -0.560. The van der Waals surface area contributed by atoms with Crippen LogP contribution in [-0.2, 0) is 0 Å². The van der Waals surface area contributed by atoms with Crippen molar-refractivity contribution in [3.63, 3.8) is 0 Å². The molecule has 0 bridgehead atoms. The summed E-state index contributed by atoms with van der Waals surface area (Å²) in [4.78, 5) is 0. The van der Waals surface area contributed by atoms with Gasteiger partial charge in [0.1, 0.15) is 0 Å². The second-order valence-corrected chi connectivity index (χ2v) is 13.4. The van der Waals surface area contributed by atoms with Gasteiger partial charge in [0.2, 0.25) is 0 Å². The van der Waals surface area contributed by atoms with Gasteiger partial charge in [0.25, 0.3) is 0 Å². The molecule has 0 amide bonds. The van der Waals surface area contributed by atoms with Gasteiger partial charge >= 0.3 is 0 Å². The summed E-state index contributed by atoms with van der Waals surface area (Å²) < 4.78 is 0. The lowest BCUT2D eigenvalue weighted by Gasteiger charge is -2.51. The van der Waals surface area contributed by atoms with Crippen molar-refractivity contribution in [3.05, 3.63) is 23.8 Å². The molecule has 0 spiro atoms. The molecule has 3 saturated carbocycles. The fourth-order valence-corrected chi connectivity index (χ4v) is 8.14. The molecule has 0 saturated heterocycles. The van der Waals surface area contributed by atoms with E-state index in [1.807, 2.05) is 0 Å². The highest BCUT2D eigenvalue weighted by Crippen LogP contribution is 2.56. The fraction of sp³-hybridized carbons (Fsp3) is 0.875. The summed E-state index contributed by atoms with van der Waals surface area (Å²) in [6.45, 7) is 22.1. The van der Waals surface area contributed by atoms with E-state index in [9.17, 15) is 0 Å². The Balaban J connectivity index is 1.85. The van der Waals surface area contributed by atoms with Crippen LogP contribution in [0.15, 0.2) is 23.8 Å². The van der Waals surface area contributed by atoms with Crippen molar-refractivity contribution in [3.8, 4) is 0 Å². The van der Waals surface area contributed by atoms with Crippen LogP contribution in [-0.4, -0.2) is 6.04 Å². The van der Waals surface area contributed by atoms with Gasteiger partial charge in [-0.05, 0) is 104 Å². The maximum absolute atomic E-state index is 6.64. The summed E-state index contributed by atoms with van der Waals surface area (Å²) in [5, 5.41) is 0. The second kappa shape index (κ2) is 11.5. The van der Waals surface area contributed by atoms with Crippen LogP contribution >= 0.6 is 0 Å². The summed E-state index contributed by atoms with van der Waals surface area (Å²) in [6.07, 6.45) is 17.5. The molecule has 1 heteroatoms. The highest BCUT2D eigenvalue weighted by Gasteiger charge is 2.45. The van der Waals surface area contributed by atoms with Gasteiger partial charge in [-0.3, -0.25) is 0 Å². The van der Waals surface area contributed by atoms with Gasteiger partial charge in [-0.1, -0.05) is 91.5 Å². The molecule has 0 aromatic heterocycles. The van der Waals surface area contributed by atoms with E-state index in [1.165, 1.54) is 69.8 Å². The van der Waals surface area contributed by atoms with Crippen molar-refractivity contribution in [2.45, 2.75) is 125 Å². The molecule has 1 nitrogen and oxygen atoms in total. The highest BCUT2D eigenvalue weighted by molar-refractivity contribution is 5.30. The molecule has 3 fully saturated rings. The first-order valence-corrected chi connectivity index (χ1v) is 14.7. The van der Waals surface area contributed by atoms with Gasteiger partial charge in [0.15, 0.2) is 0 Å². The first-order chi connectivity index (χ1) is 15.6. The maximum Gasteiger partial charge on any atom is 0.00671 e. The minimum Gasteiger partial charge on any atom is -0.327 e. The molecule has 0 aromatic rings. The van der Waals surface area contributed by atoms with E-state index in [0.29, 0.717) is 35.1 Å². The van der Waals surface area contributed by atoms with E-state index in [0.717, 1.165) is 30.1 Å². The zero-order chi connectivity index (χ0) is 24.3. The quantitative estimate of drug-likeness (QED) is 0.449. The highest BCUT2D eigenvalue weighted by atomic mass is 14.6. The smallest absolute Gasteiger partial charge is 0.00671 e. The minimum atomic E-state index is 0.347. The van der Waals surface area contributed by atoms with E-state index in [2.05, 4.69) is 54.5 Å². The van der Waals surface area contributed by atoms with Gasteiger partial charge < -0.3 is 5.73 Å². The number of nitrogens with two attached hydrogens (primary N) is 1. The maximum atomic E-state index is 6.64. The molecule has 2 N–H and O–H groups in total. The van der Waals surface area contributed by atoms with Crippen LogP contribution in [0.25, 0.3) is 0 Å². The Morgan fingerprint density at radius 3 is 2.21 bits per heavy atom. The third kappa shape index (κ3) is 6.17.